The van der Waals surface area contributed by atoms with Crippen LogP contribution in [0.3, 0.4) is 0 Å². The summed E-state index contributed by atoms with van der Waals surface area (Å²) in [5.74, 6) is 1.45. The molecule has 0 spiro atoms. The largest absolute Gasteiger partial charge is 0.396 e. The molecule has 0 aliphatic carbocycles. The molecule has 1 aliphatic heterocycles. The highest BCUT2D eigenvalue weighted by Gasteiger charge is 2.19. The summed E-state index contributed by atoms with van der Waals surface area (Å²) in [7, 11) is 0. The SMILES string of the molecule is CCCC(CCO)CN=C(NCC)NCCCC(=O)N1CCc2ccccc2C1.I. The van der Waals surface area contributed by atoms with Crippen LogP contribution < -0.4 is 10.6 Å². The lowest BCUT2D eigenvalue weighted by atomic mass is 9.99. The number of aliphatic imine (C=N–C) groups is 1. The number of benzene rings is 1. The molecule has 1 aromatic rings. The van der Waals surface area contributed by atoms with E-state index in [0.717, 1.165) is 70.8 Å². The van der Waals surface area contributed by atoms with Crippen LogP contribution in [0.1, 0.15) is 57.1 Å². The van der Waals surface area contributed by atoms with Crippen molar-refractivity contribution >= 4 is 35.8 Å². The summed E-state index contributed by atoms with van der Waals surface area (Å²) in [6.45, 7) is 8.22. The Bertz CT molecular complexity index is 648. The Kier molecular flexibility index (Phi) is 13.7. The number of hydrogen-bond acceptors (Lipinski definition) is 3. The molecule has 1 aromatic carbocycles. The third-order valence-corrected chi connectivity index (χ3v) is 5.43. The van der Waals surface area contributed by atoms with Gasteiger partial charge in [-0.2, -0.15) is 0 Å². The average Bonchev–Trinajstić information content (AvgIpc) is 2.74. The fourth-order valence-corrected chi connectivity index (χ4v) is 3.79. The molecular weight excluding hydrogens is 491 g/mol. The van der Waals surface area contributed by atoms with Crippen LogP contribution in [0.2, 0.25) is 0 Å². The Hall–Kier alpha value is -1.35. The molecule has 2 rings (SSSR count). The molecule has 0 radical (unpaired) electrons. The van der Waals surface area contributed by atoms with E-state index in [1.807, 2.05) is 17.9 Å². The molecular formula is C23H39IN4O2. The minimum atomic E-state index is 0. The van der Waals surface area contributed by atoms with E-state index in [-0.39, 0.29) is 36.5 Å². The first-order valence-corrected chi connectivity index (χ1v) is 11.2. The molecule has 1 aliphatic rings. The van der Waals surface area contributed by atoms with Gasteiger partial charge in [-0.05, 0) is 49.7 Å². The highest BCUT2D eigenvalue weighted by atomic mass is 127. The summed E-state index contributed by atoms with van der Waals surface area (Å²) in [5.41, 5.74) is 2.64. The zero-order chi connectivity index (χ0) is 20.9. The van der Waals surface area contributed by atoms with Crippen molar-refractivity contribution in [1.29, 1.82) is 0 Å². The third kappa shape index (κ3) is 9.20. The number of carbonyl (C=O) groups excluding carboxylic acids is 1. The molecule has 1 atom stereocenters. The van der Waals surface area contributed by atoms with Crippen LogP contribution in [0, 0.1) is 5.92 Å². The molecule has 6 nitrogen and oxygen atoms in total. The van der Waals surface area contributed by atoms with Gasteiger partial charge in [0.2, 0.25) is 5.91 Å². The molecule has 170 valence electrons. The lowest BCUT2D eigenvalue weighted by molar-refractivity contribution is -0.132. The fraction of sp³-hybridized carbons (Fsp3) is 0.652. The van der Waals surface area contributed by atoms with Gasteiger partial charge in [-0.1, -0.05) is 37.6 Å². The van der Waals surface area contributed by atoms with Crippen molar-refractivity contribution in [2.75, 3.05) is 32.8 Å². The molecule has 1 unspecified atom stereocenters. The highest BCUT2D eigenvalue weighted by molar-refractivity contribution is 14.0. The number of nitrogens with one attached hydrogen (secondary N) is 2. The van der Waals surface area contributed by atoms with Crippen LogP contribution >= 0.6 is 24.0 Å². The van der Waals surface area contributed by atoms with Gasteiger partial charge in [-0.15, -0.1) is 24.0 Å². The fourth-order valence-electron chi connectivity index (χ4n) is 3.79. The van der Waals surface area contributed by atoms with Crippen molar-refractivity contribution in [1.82, 2.24) is 15.5 Å². The second-order valence-electron chi connectivity index (χ2n) is 7.75. The van der Waals surface area contributed by atoms with Crippen molar-refractivity contribution in [3.05, 3.63) is 35.4 Å². The second kappa shape index (κ2) is 15.5. The number of aliphatic hydroxyl groups excluding tert-OH is 1. The zero-order valence-corrected chi connectivity index (χ0v) is 20.9. The summed E-state index contributed by atoms with van der Waals surface area (Å²) in [5, 5.41) is 15.8. The molecule has 0 aromatic heterocycles. The number of carbonyl (C=O) groups is 1. The smallest absolute Gasteiger partial charge is 0.222 e. The topological polar surface area (TPSA) is 77.0 Å². The number of nitrogens with zero attached hydrogens (tertiary/aromatic N) is 2. The Morgan fingerprint density at radius 3 is 2.67 bits per heavy atom. The minimum Gasteiger partial charge on any atom is -0.396 e. The Labute approximate surface area is 198 Å². The summed E-state index contributed by atoms with van der Waals surface area (Å²) >= 11 is 0. The third-order valence-electron chi connectivity index (χ3n) is 5.43. The van der Waals surface area contributed by atoms with Crippen molar-refractivity contribution in [2.24, 2.45) is 10.9 Å². The van der Waals surface area contributed by atoms with Crippen molar-refractivity contribution in [3.63, 3.8) is 0 Å². The molecule has 7 heteroatoms. The van der Waals surface area contributed by atoms with Gasteiger partial charge in [-0.25, -0.2) is 0 Å². The van der Waals surface area contributed by atoms with E-state index < -0.39 is 0 Å². The van der Waals surface area contributed by atoms with Gasteiger partial charge >= 0.3 is 0 Å². The first kappa shape index (κ1) is 26.7. The van der Waals surface area contributed by atoms with Crippen LogP contribution in [0.15, 0.2) is 29.3 Å². The van der Waals surface area contributed by atoms with Gasteiger partial charge in [0.15, 0.2) is 5.96 Å². The number of guanidine groups is 1. The number of rotatable bonds is 11. The normalized spacial score (nSPS) is 14.5. The first-order chi connectivity index (χ1) is 14.2. The van der Waals surface area contributed by atoms with E-state index in [9.17, 15) is 9.90 Å². The monoisotopic (exact) mass is 530 g/mol. The second-order valence-corrected chi connectivity index (χ2v) is 7.75. The summed E-state index contributed by atoms with van der Waals surface area (Å²) in [4.78, 5) is 19.2. The molecule has 0 saturated carbocycles. The molecule has 3 N–H and O–H groups in total. The Morgan fingerprint density at radius 2 is 1.97 bits per heavy atom. The molecule has 0 saturated heterocycles. The molecule has 0 bridgehead atoms. The maximum absolute atomic E-state index is 12.6. The van der Waals surface area contributed by atoms with E-state index in [1.165, 1.54) is 11.1 Å². The average molecular weight is 530 g/mol. The van der Waals surface area contributed by atoms with Crippen LogP contribution in [-0.2, 0) is 17.8 Å². The standard InChI is InChI=1S/C23H38N4O2.HI/c1-3-8-19(13-16-28)17-26-23(24-4-2)25-14-7-11-22(29)27-15-12-20-9-5-6-10-21(20)18-27;/h5-6,9-10,19,28H,3-4,7-8,11-18H2,1-2H3,(H2,24,25,26);1H. The lowest BCUT2D eigenvalue weighted by Crippen LogP contribution is -2.39. The van der Waals surface area contributed by atoms with E-state index in [2.05, 4.69) is 40.7 Å². The summed E-state index contributed by atoms with van der Waals surface area (Å²) in [6.07, 6.45) is 5.27. The predicted octanol–water partition coefficient (Wildman–Crippen LogP) is 3.32. The van der Waals surface area contributed by atoms with Crippen molar-refractivity contribution < 1.29 is 9.90 Å². The Balaban J connectivity index is 0.00000450. The maximum Gasteiger partial charge on any atom is 0.222 e. The summed E-state index contributed by atoms with van der Waals surface area (Å²) in [6, 6.07) is 8.40. The zero-order valence-electron chi connectivity index (χ0n) is 18.5. The van der Waals surface area contributed by atoms with Crippen LogP contribution in [0.4, 0.5) is 0 Å². The van der Waals surface area contributed by atoms with Gasteiger partial charge in [0, 0.05) is 45.8 Å². The quantitative estimate of drug-likeness (QED) is 0.178. The number of halogens is 1. The number of fused-ring (bicyclic) bond motifs is 1. The van der Waals surface area contributed by atoms with Crippen molar-refractivity contribution in [2.45, 2.75) is 58.9 Å². The number of hydrogen-bond donors (Lipinski definition) is 3. The van der Waals surface area contributed by atoms with E-state index in [1.54, 1.807) is 0 Å². The maximum atomic E-state index is 12.6. The van der Waals surface area contributed by atoms with Crippen LogP contribution in [-0.4, -0.2) is 54.7 Å². The van der Waals surface area contributed by atoms with Gasteiger partial charge < -0.3 is 20.6 Å². The van der Waals surface area contributed by atoms with Crippen LogP contribution in [0.25, 0.3) is 0 Å². The molecule has 1 amide bonds. The molecule has 30 heavy (non-hydrogen) atoms. The first-order valence-electron chi connectivity index (χ1n) is 11.2. The minimum absolute atomic E-state index is 0. The van der Waals surface area contributed by atoms with Gasteiger partial charge in [0.25, 0.3) is 0 Å². The van der Waals surface area contributed by atoms with Gasteiger partial charge in [0.05, 0.1) is 0 Å². The van der Waals surface area contributed by atoms with Gasteiger partial charge in [-0.3, -0.25) is 9.79 Å². The summed E-state index contributed by atoms with van der Waals surface area (Å²) < 4.78 is 0. The number of aliphatic hydroxyl groups is 1. The van der Waals surface area contributed by atoms with E-state index in [0.29, 0.717) is 12.3 Å². The number of amides is 1. The van der Waals surface area contributed by atoms with Crippen molar-refractivity contribution in [3.8, 4) is 0 Å². The lowest BCUT2D eigenvalue weighted by Gasteiger charge is -2.29. The molecule has 0 fully saturated rings. The highest BCUT2D eigenvalue weighted by Crippen LogP contribution is 2.19. The Morgan fingerprint density at radius 1 is 1.20 bits per heavy atom. The van der Waals surface area contributed by atoms with E-state index in [4.69, 9.17) is 0 Å². The predicted molar refractivity (Wildman–Crippen MR) is 134 cm³/mol. The molecule has 1 heterocycles. The van der Waals surface area contributed by atoms with Gasteiger partial charge in [0.1, 0.15) is 0 Å². The van der Waals surface area contributed by atoms with E-state index >= 15 is 0 Å². The van der Waals surface area contributed by atoms with Crippen LogP contribution in [0.5, 0.6) is 0 Å².